The van der Waals surface area contributed by atoms with Crippen molar-refractivity contribution in [3.8, 4) is 0 Å². The van der Waals surface area contributed by atoms with E-state index in [1.54, 1.807) is 0 Å². The summed E-state index contributed by atoms with van der Waals surface area (Å²) < 4.78 is 13.2. The van der Waals surface area contributed by atoms with Crippen LogP contribution in [0, 0.1) is 5.82 Å². The van der Waals surface area contributed by atoms with Crippen LogP contribution in [0.15, 0.2) is 24.3 Å². The number of piperidine rings is 1. The molecule has 0 saturated carbocycles. The van der Waals surface area contributed by atoms with Crippen LogP contribution in [0.3, 0.4) is 0 Å². The van der Waals surface area contributed by atoms with E-state index in [-0.39, 0.29) is 29.7 Å². The van der Waals surface area contributed by atoms with E-state index in [2.05, 4.69) is 14.7 Å². The van der Waals surface area contributed by atoms with Gasteiger partial charge < -0.3 is 15.5 Å². The SMILES string of the molecule is CC(C(=O)N1CCC(N2CCCC2C(N)=O)CC1)N1CCN(c2ccc(F)cc2)CC1. The summed E-state index contributed by atoms with van der Waals surface area (Å²) in [6.07, 6.45) is 3.68. The Bertz CT molecular complexity index is 773. The molecule has 0 aromatic heterocycles. The van der Waals surface area contributed by atoms with Gasteiger partial charge in [0.2, 0.25) is 11.8 Å². The number of amides is 2. The highest BCUT2D eigenvalue weighted by Gasteiger charge is 2.37. The molecule has 7 nitrogen and oxygen atoms in total. The van der Waals surface area contributed by atoms with Crippen molar-refractivity contribution in [2.45, 2.75) is 50.7 Å². The van der Waals surface area contributed by atoms with Crippen LogP contribution >= 0.6 is 0 Å². The minimum Gasteiger partial charge on any atom is -0.369 e. The second-order valence-corrected chi connectivity index (χ2v) is 9.03. The monoisotopic (exact) mass is 431 g/mol. The lowest BCUT2D eigenvalue weighted by molar-refractivity contribution is -0.138. The summed E-state index contributed by atoms with van der Waals surface area (Å²) in [7, 11) is 0. The standard InChI is InChI=1S/C23H34FN5O2/c1-17(26-13-15-27(16-14-26)19-6-4-18(24)5-7-19)23(31)28-11-8-20(9-12-28)29-10-2-3-21(29)22(25)30/h4-7,17,20-21H,2-3,8-16H2,1H3,(H2,25,30). The maximum absolute atomic E-state index is 13.2. The molecular formula is C23H34FN5O2. The fraction of sp³-hybridized carbons (Fsp3) is 0.652. The smallest absolute Gasteiger partial charge is 0.239 e. The second-order valence-electron chi connectivity index (χ2n) is 9.03. The quantitative estimate of drug-likeness (QED) is 0.760. The van der Waals surface area contributed by atoms with Crippen LogP contribution in [0.25, 0.3) is 0 Å². The number of nitrogens with two attached hydrogens (primary N) is 1. The zero-order valence-electron chi connectivity index (χ0n) is 18.4. The molecule has 1 aromatic rings. The first kappa shape index (κ1) is 22.0. The third-order valence-corrected chi connectivity index (χ3v) is 7.28. The molecule has 3 fully saturated rings. The van der Waals surface area contributed by atoms with Gasteiger partial charge in [-0.2, -0.15) is 0 Å². The average molecular weight is 432 g/mol. The molecule has 1 aromatic carbocycles. The Morgan fingerprint density at radius 2 is 1.61 bits per heavy atom. The maximum atomic E-state index is 13.2. The van der Waals surface area contributed by atoms with E-state index in [0.29, 0.717) is 6.04 Å². The van der Waals surface area contributed by atoms with Gasteiger partial charge in [0, 0.05) is 51.0 Å². The molecule has 31 heavy (non-hydrogen) atoms. The van der Waals surface area contributed by atoms with E-state index in [1.165, 1.54) is 12.1 Å². The minimum absolute atomic E-state index is 0.136. The number of anilines is 1. The van der Waals surface area contributed by atoms with Crippen molar-refractivity contribution >= 4 is 17.5 Å². The summed E-state index contributed by atoms with van der Waals surface area (Å²) in [6.45, 7) is 7.70. The molecule has 0 bridgehead atoms. The topological polar surface area (TPSA) is 73.1 Å². The maximum Gasteiger partial charge on any atom is 0.239 e. The number of carbonyl (C=O) groups excluding carboxylic acids is 2. The summed E-state index contributed by atoms with van der Waals surface area (Å²) in [4.78, 5) is 33.6. The number of piperazine rings is 1. The average Bonchev–Trinajstić information content (AvgIpc) is 3.29. The highest BCUT2D eigenvalue weighted by Crippen LogP contribution is 2.26. The van der Waals surface area contributed by atoms with Gasteiger partial charge in [-0.15, -0.1) is 0 Å². The lowest BCUT2D eigenvalue weighted by atomic mass is 10.0. The van der Waals surface area contributed by atoms with Crippen molar-refractivity contribution in [1.82, 2.24) is 14.7 Å². The molecule has 2 atom stereocenters. The number of carbonyl (C=O) groups is 2. The number of nitrogens with zero attached hydrogens (tertiary/aromatic N) is 4. The normalized spacial score (nSPS) is 25.0. The predicted molar refractivity (Wildman–Crippen MR) is 118 cm³/mol. The fourth-order valence-corrected chi connectivity index (χ4v) is 5.39. The van der Waals surface area contributed by atoms with Crippen molar-refractivity contribution in [3.63, 3.8) is 0 Å². The van der Waals surface area contributed by atoms with Crippen LogP contribution in [0.2, 0.25) is 0 Å². The molecule has 0 aliphatic carbocycles. The summed E-state index contributed by atoms with van der Waals surface area (Å²) >= 11 is 0. The molecule has 0 radical (unpaired) electrons. The Labute approximate surface area is 183 Å². The van der Waals surface area contributed by atoms with Crippen LogP contribution in [0.1, 0.15) is 32.6 Å². The molecular weight excluding hydrogens is 397 g/mol. The zero-order chi connectivity index (χ0) is 22.0. The Kier molecular flexibility index (Phi) is 6.77. The van der Waals surface area contributed by atoms with Gasteiger partial charge in [-0.05, 0) is 63.4 Å². The van der Waals surface area contributed by atoms with Crippen LogP contribution in [-0.4, -0.2) is 90.5 Å². The number of rotatable bonds is 5. The van der Waals surface area contributed by atoms with Crippen molar-refractivity contribution < 1.29 is 14.0 Å². The first-order chi connectivity index (χ1) is 14.9. The van der Waals surface area contributed by atoms with E-state index < -0.39 is 0 Å². The van der Waals surface area contributed by atoms with E-state index in [9.17, 15) is 14.0 Å². The largest absolute Gasteiger partial charge is 0.369 e. The van der Waals surface area contributed by atoms with Crippen LogP contribution in [-0.2, 0) is 9.59 Å². The lowest BCUT2D eigenvalue weighted by Gasteiger charge is -2.42. The summed E-state index contributed by atoms with van der Waals surface area (Å²) in [6, 6.07) is 6.68. The van der Waals surface area contributed by atoms with Gasteiger partial charge in [-0.3, -0.25) is 19.4 Å². The highest BCUT2D eigenvalue weighted by molar-refractivity contribution is 5.82. The molecule has 2 N–H and O–H groups in total. The first-order valence-corrected chi connectivity index (χ1v) is 11.5. The Morgan fingerprint density at radius 3 is 2.23 bits per heavy atom. The number of likely N-dealkylation sites (tertiary alicyclic amines) is 2. The minimum atomic E-state index is -0.222. The lowest BCUT2D eigenvalue weighted by Crippen LogP contribution is -2.57. The summed E-state index contributed by atoms with van der Waals surface area (Å²) in [5, 5.41) is 0. The first-order valence-electron chi connectivity index (χ1n) is 11.5. The third kappa shape index (κ3) is 4.85. The number of primary amides is 1. The predicted octanol–water partition coefficient (Wildman–Crippen LogP) is 1.28. The van der Waals surface area contributed by atoms with Gasteiger partial charge in [0.15, 0.2) is 0 Å². The molecule has 8 heteroatoms. The second kappa shape index (κ2) is 9.53. The highest BCUT2D eigenvalue weighted by atomic mass is 19.1. The molecule has 170 valence electrons. The van der Waals surface area contributed by atoms with Crippen molar-refractivity contribution in [2.24, 2.45) is 5.73 Å². The number of hydrogen-bond acceptors (Lipinski definition) is 5. The van der Waals surface area contributed by atoms with Crippen LogP contribution in [0.5, 0.6) is 0 Å². The Morgan fingerprint density at radius 1 is 0.968 bits per heavy atom. The molecule has 2 amide bonds. The molecule has 3 aliphatic rings. The molecule has 3 aliphatic heterocycles. The van der Waals surface area contributed by atoms with Gasteiger partial charge in [0.05, 0.1) is 12.1 Å². The zero-order valence-corrected chi connectivity index (χ0v) is 18.4. The van der Waals surface area contributed by atoms with Crippen molar-refractivity contribution in [3.05, 3.63) is 30.1 Å². The van der Waals surface area contributed by atoms with Gasteiger partial charge in [0.25, 0.3) is 0 Å². The molecule has 2 unspecified atom stereocenters. The molecule has 3 saturated heterocycles. The van der Waals surface area contributed by atoms with Crippen molar-refractivity contribution in [2.75, 3.05) is 50.7 Å². The van der Waals surface area contributed by atoms with E-state index >= 15 is 0 Å². The van der Waals surface area contributed by atoms with Crippen LogP contribution < -0.4 is 10.6 Å². The number of halogens is 1. The molecule has 4 rings (SSSR count). The summed E-state index contributed by atoms with van der Waals surface area (Å²) in [5.74, 6) is -0.244. The van der Waals surface area contributed by atoms with Gasteiger partial charge in [0.1, 0.15) is 5.82 Å². The van der Waals surface area contributed by atoms with Gasteiger partial charge in [-0.1, -0.05) is 0 Å². The van der Waals surface area contributed by atoms with E-state index in [4.69, 9.17) is 5.73 Å². The number of benzene rings is 1. The van der Waals surface area contributed by atoms with Gasteiger partial charge in [-0.25, -0.2) is 4.39 Å². The van der Waals surface area contributed by atoms with Gasteiger partial charge >= 0.3 is 0 Å². The summed E-state index contributed by atoms with van der Waals surface area (Å²) in [5.41, 5.74) is 6.60. The molecule has 0 spiro atoms. The number of hydrogen-bond donors (Lipinski definition) is 1. The fourth-order valence-electron chi connectivity index (χ4n) is 5.39. The Balaban J connectivity index is 1.26. The third-order valence-electron chi connectivity index (χ3n) is 7.28. The van der Waals surface area contributed by atoms with Crippen molar-refractivity contribution in [1.29, 1.82) is 0 Å². The van der Waals surface area contributed by atoms with Crippen LogP contribution in [0.4, 0.5) is 10.1 Å². The molecule has 3 heterocycles. The van der Waals surface area contributed by atoms with E-state index in [1.807, 2.05) is 24.0 Å². The Hall–Kier alpha value is -2.19. The van der Waals surface area contributed by atoms with E-state index in [0.717, 1.165) is 77.2 Å².